The summed E-state index contributed by atoms with van der Waals surface area (Å²) in [6, 6.07) is -1.13. The number of nitrogens with zero attached hydrogens (tertiary/aromatic N) is 2. The Morgan fingerprint density at radius 3 is 2.71 bits per heavy atom. The number of cyclic esters (lactones) is 1. The van der Waals surface area contributed by atoms with Gasteiger partial charge in [-0.25, -0.2) is 9.69 Å². The van der Waals surface area contributed by atoms with E-state index in [4.69, 9.17) is 4.74 Å². The molecule has 2 amide bonds. The van der Waals surface area contributed by atoms with Crippen LogP contribution in [0.1, 0.15) is 20.3 Å². The molecule has 0 aromatic carbocycles. The van der Waals surface area contributed by atoms with Gasteiger partial charge in [-0.3, -0.25) is 14.9 Å². The molecule has 0 aromatic heterocycles. The van der Waals surface area contributed by atoms with E-state index in [1.54, 1.807) is 0 Å². The monoisotopic (exact) mass is 242 g/mol. The highest BCUT2D eigenvalue weighted by atomic mass is 16.6. The van der Waals surface area contributed by atoms with Crippen LogP contribution in [-0.2, 0) is 9.53 Å². The van der Waals surface area contributed by atoms with E-state index in [2.05, 4.69) is 0 Å². The third-order valence-electron chi connectivity index (χ3n) is 3.26. The van der Waals surface area contributed by atoms with Crippen molar-refractivity contribution < 1.29 is 19.2 Å². The first-order valence-electron chi connectivity index (χ1n) is 5.56. The fourth-order valence-corrected chi connectivity index (χ4v) is 2.04. The van der Waals surface area contributed by atoms with Crippen LogP contribution in [-0.4, -0.2) is 40.5 Å². The van der Waals surface area contributed by atoms with Crippen molar-refractivity contribution in [2.75, 3.05) is 6.61 Å². The number of rotatable bonds is 3. The van der Waals surface area contributed by atoms with Gasteiger partial charge >= 0.3 is 6.09 Å². The first kappa shape index (κ1) is 11.8. The van der Waals surface area contributed by atoms with Gasteiger partial charge in [0.2, 0.25) is 11.9 Å². The van der Waals surface area contributed by atoms with Crippen LogP contribution in [0.4, 0.5) is 4.79 Å². The molecule has 7 nitrogen and oxygen atoms in total. The summed E-state index contributed by atoms with van der Waals surface area (Å²) < 4.78 is 4.83. The summed E-state index contributed by atoms with van der Waals surface area (Å²) in [6.45, 7) is 3.94. The number of imide groups is 1. The molecular weight excluding hydrogens is 228 g/mol. The Bertz CT molecular complexity index is 381. The van der Waals surface area contributed by atoms with Crippen molar-refractivity contribution >= 4 is 12.0 Å². The molecule has 0 radical (unpaired) electrons. The summed E-state index contributed by atoms with van der Waals surface area (Å²) in [5.41, 5.74) is 0. The fourth-order valence-electron chi connectivity index (χ4n) is 2.04. The minimum absolute atomic E-state index is 0.0817. The van der Waals surface area contributed by atoms with Gasteiger partial charge in [0.25, 0.3) is 0 Å². The third kappa shape index (κ3) is 1.96. The summed E-state index contributed by atoms with van der Waals surface area (Å²) in [4.78, 5) is 34.5. The van der Waals surface area contributed by atoms with Crippen LogP contribution < -0.4 is 0 Å². The Hall–Kier alpha value is -1.66. The van der Waals surface area contributed by atoms with E-state index in [1.807, 2.05) is 13.8 Å². The number of amides is 2. The van der Waals surface area contributed by atoms with Crippen LogP contribution in [0.2, 0.25) is 0 Å². The van der Waals surface area contributed by atoms with Crippen molar-refractivity contribution in [1.82, 2.24) is 4.90 Å². The molecule has 0 aromatic rings. The smallest absolute Gasteiger partial charge is 0.416 e. The molecule has 2 rings (SSSR count). The molecule has 2 aliphatic rings. The van der Waals surface area contributed by atoms with Crippen LogP contribution in [0.25, 0.3) is 0 Å². The first-order valence-corrected chi connectivity index (χ1v) is 5.56. The number of hydrogen-bond donors (Lipinski definition) is 0. The molecule has 0 unspecified atom stereocenters. The topological polar surface area (TPSA) is 89.8 Å². The molecule has 0 N–H and O–H groups in total. The summed E-state index contributed by atoms with van der Waals surface area (Å²) >= 11 is 0. The molecule has 0 spiro atoms. The van der Waals surface area contributed by atoms with Gasteiger partial charge in [0.05, 0.1) is 6.04 Å². The average molecular weight is 242 g/mol. The summed E-state index contributed by atoms with van der Waals surface area (Å²) in [6.07, 6.45) is -0.455. The molecular formula is C10H14N2O5. The standard InChI is InChI=1S/C10H14N2O5/c1-5(2)8-4-17-10(14)11(8)9(13)6-3-7(6)12(15)16/h5-8H,3-4H2,1-2H3/t6-,7-,8+/m0/s1. The number of nitro groups is 1. The Morgan fingerprint density at radius 2 is 2.24 bits per heavy atom. The lowest BCUT2D eigenvalue weighted by Crippen LogP contribution is -2.43. The average Bonchev–Trinajstić information content (AvgIpc) is 2.95. The number of hydrogen-bond acceptors (Lipinski definition) is 5. The van der Waals surface area contributed by atoms with E-state index in [0.29, 0.717) is 0 Å². The highest BCUT2D eigenvalue weighted by Crippen LogP contribution is 2.36. The molecule has 94 valence electrons. The van der Waals surface area contributed by atoms with Crippen molar-refractivity contribution in [2.24, 2.45) is 11.8 Å². The Labute approximate surface area is 97.9 Å². The molecule has 1 saturated carbocycles. The molecule has 1 aliphatic heterocycles. The molecule has 1 saturated heterocycles. The van der Waals surface area contributed by atoms with Crippen LogP contribution in [0, 0.1) is 22.0 Å². The van der Waals surface area contributed by atoms with E-state index in [0.717, 1.165) is 4.90 Å². The predicted octanol–water partition coefficient (Wildman–Crippen LogP) is 0.655. The van der Waals surface area contributed by atoms with Crippen LogP contribution in [0.3, 0.4) is 0 Å². The Balaban J connectivity index is 2.08. The van der Waals surface area contributed by atoms with Gasteiger partial charge in [-0.15, -0.1) is 0 Å². The minimum atomic E-state index is -0.830. The van der Waals surface area contributed by atoms with Crippen LogP contribution in [0.5, 0.6) is 0 Å². The van der Waals surface area contributed by atoms with E-state index in [1.165, 1.54) is 0 Å². The molecule has 3 atom stereocenters. The highest BCUT2D eigenvalue weighted by molar-refractivity contribution is 5.96. The second-order valence-corrected chi connectivity index (χ2v) is 4.79. The predicted molar refractivity (Wildman–Crippen MR) is 55.7 cm³/mol. The van der Waals surface area contributed by atoms with Crippen molar-refractivity contribution in [3.05, 3.63) is 10.1 Å². The zero-order valence-corrected chi connectivity index (χ0v) is 9.66. The SMILES string of the molecule is CC(C)[C@H]1COC(=O)N1C(=O)[C@H]1C[C@@H]1[N+](=O)[O-]. The maximum atomic E-state index is 12.0. The van der Waals surface area contributed by atoms with Gasteiger partial charge in [0.15, 0.2) is 0 Å². The molecule has 7 heteroatoms. The third-order valence-corrected chi connectivity index (χ3v) is 3.26. The van der Waals surface area contributed by atoms with E-state index >= 15 is 0 Å². The summed E-state index contributed by atoms with van der Waals surface area (Å²) in [7, 11) is 0. The molecule has 2 fully saturated rings. The van der Waals surface area contributed by atoms with Gasteiger partial charge in [-0.1, -0.05) is 13.8 Å². The zero-order valence-electron chi connectivity index (χ0n) is 9.66. The Morgan fingerprint density at radius 1 is 1.59 bits per heavy atom. The van der Waals surface area contributed by atoms with E-state index < -0.39 is 28.9 Å². The van der Waals surface area contributed by atoms with Gasteiger partial charge in [-0.05, 0) is 5.92 Å². The lowest BCUT2D eigenvalue weighted by molar-refractivity contribution is -0.497. The van der Waals surface area contributed by atoms with Crippen LogP contribution in [0.15, 0.2) is 0 Å². The largest absolute Gasteiger partial charge is 0.447 e. The van der Waals surface area contributed by atoms with Crippen molar-refractivity contribution in [2.45, 2.75) is 32.4 Å². The second-order valence-electron chi connectivity index (χ2n) is 4.79. The second kappa shape index (κ2) is 3.97. The normalized spacial score (nSPS) is 31.6. The summed E-state index contributed by atoms with van der Waals surface area (Å²) in [5, 5.41) is 10.5. The highest BCUT2D eigenvalue weighted by Gasteiger charge is 2.57. The lowest BCUT2D eigenvalue weighted by Gasteiger charge is -2.21. The van der Waals surface area contributed by atoms with Crippen molar-refractivity contribution in [3.8, 4) is 0 Å². The van der Waals surface area contributed by atoms with Gasteiger partial charge in [0, 0.05) is 11.3 Å². The quantitative estimate of drug-likeness (QED) is 0.535. The van der Waals surface area contributed by atoms with Crippen LogP contribution >= 0.6 is 0 Å². The van der Waals surface area contributed by atoms with E-state index in [-0.39, 0.29) is 25.0 Å². The van der Waals surface area contributed by atoms with Gasteiger partial charge in [0.1, 0.15) is 12.5 Å². The van der Waals surface area contributed by atoms with Crippen molar-refractivity contribution in [3.63, 3.8) is 0 Å². The Kier molecular flexibility index (Phi) is 2.76. The fraction of sp³-hybridized carbons (Fsp3) is 0.800. The number of ether oxygens (including phenoxy) is 1. The first-order chi connectivity index (χ1) is 7.93. The maximum Gasteiger partial charge on any atom is 0.416 e. The molecule has 1 aliphatic carbocycles. The number of carbonyl (C=O) groups is 2. The molecule has 1 heterocycles. The summed E-state index contributed by atoms with van der Waals surface area (Å²) in [5.74, 6) is -1.04. The number of carbonyl (C=O) groups excluding carboxylic acids is 2. The molecule has 17 heavy (non-hydrogen) atoms. The molecule has 0 bridgehead atoms. The lowest BCUT2D eigenvalue weighted by atomic mass is 10.0. The maximum absolute atomic E-state index is 12.0. The van der Waals surface area contributed by atoms with Gasteiger partial charge < -0.3 is 4.74 Å². The van der Waals surface area contributed by atoms with E-state index in [9.17, 15) is 19.7 Å². The van der Waals surface area contributed by atoms with Gasteiger partial charge in [-0.2, -0.15) is 0 Å². The zero-order chi connectivity index (χ0) is 12.7. The van der Waals surface area contributed by atoms with Crippen molar-refractivity contribution in [1.29, 1.82) is 0 Å². The minimum Gasteiger partial charge on any atom is -0.447 e.